The molecule has 0 radical (unpaired) electrons. The molecule has 4 rings (SSSR count). The maximum absolute atomic E-state index is 12.7. The molecule has 1 aromatic carbocycles. The summed E-state index contributed by atoms with van der Waals surface area (Å²) in [6.07, 6.45) is 1.80. The maximum atomic E-state index is 12.7. The van der Waals surface area contributed by atoms with Gasteiger partial charge in [0.15, 0.2) is 0 Å². The summed E-state index contributed by atoms with van der Waals surface area (Å²) in [6, 6.07) is 13.3. The summed E-state index contributed by atoms with van der Waals surface area (Å²) in [5, 5.41) is 5.78. The van der Waals surface area contributed by atoms with Crippen LogP contribution in [0.3, 0.4) is 0 Å². The van der Waals surface area contributed by atoms with E-state index < -0.39 is 0 Å². The van der Waals surface area contributed by atoms with Crippen molar-refractivity contribution in [1.82, 2.24) is 24.6 Å². The van der Waals surface area contributed by atoms with Crippen molar-refractivity contribution < 1.29 is 4.79 Å². The van der Waals surface area contributed by atoms with Gasteiger partial charge < -0.3 is 4.90 Å². The van der Waals surface area contributed by atoms with E-state index in [1.165, 1.54) is 4.68 Å². The number of nitrogens with zero attached hydrogens (tertiary/aromatic N) is 5. The fraction of sp³-hybridized carbons (Fsp3) is 0.333. The Hall–Kier alpha value is -3.06. The van der Waals surface area contributed by atoms with Crippen molar-refractivity contribution in [3.05, 3.63) is 70.4 Å². The van der Waals surface area contributed by atoms with Gasteiger partial charge >= 0.3 is 0 Å². The lowest BCUT2D eigenvalue weighted by Crippen LogP contribution is -2.49. The lowest BCUT2D eigenvalue weighted by atomic mass is 10.1. The number of piperazine rings is 1. The first-order valence-corrected chi connectivity index (χ1v) is 9.48. The number of carbonyl (C=O) groups is 1. The van der Waals surface area contributed by atoms with Crippen LogP contribution in [0.1, 0.15) is 11.4 Å². The predicted octanol–water partition coefficient (Wildman–Crippen LogP) is 1.44. The molecule has 0 spiro atoms. The zero-order valence-corrected chi connectivity index (χ0v) is 15.9. The summed E-state index contributed by atoms with van der Waals surface area (Å²) in [5.41, 5.74) is 1.57. The van der Waals surface area contributed by atoms with Crippen LogP contribution >= 0.6 is 0 Å². The van der Waals surface area contributed by atoms with Crippen LogP contribution in [-0.4, -0.2) is 56.7 Å². The van der Waals surface area contributed by atoms with Gasteiger partial charge in [-0.2, -0.15) is 5.10 Å². The zero-order chi connectivity index (χ0) is 19.5. The molecule has 144 valence electrons. The van der Waals surface area contributed by atoms with Crippen molar-refractivity contribution in [2.24, 2.45) is 0 Å². The number of benzene rings is 1. The van der Waals surface area contributed by atoms with Crippen molar-refractivity contribution in [3.63, 3.8) is 0 Å². The molecule has 7 nitrogen and oxygen atoms in total. The number of pyridine rings is 1. The molecule has 3 aromatic rings. The highest BCUT2D eigenvalue weighted by Crippen LogP contribution is 2.12. The second-order valence-corrected chi connectivity index (χ2v) is 7.07. The SMILES string of the molecule is Cc1nn(CC(=O)N2CCN(Cc3ccccn3)CC2)c(=O)c2ccccc12. The van der Waals surface area contributed by atoms with Crippen molar-refractivity contribution in [2.45, 2.75) is 20.0 Å². The number of carbonyl (C=O) groups excluding carboxylic acids is 1. The topological polar surface area (TPSA) is 71.3 Å². The molecule has 28 heavy (non-hydrogen) atoms. The van der Waals surface area contributed by atoms with E-state index >= 15 is 0 Å². The Bertz CT molecular complexity index is 1040. The Kier molecular flexibility index (Phi) is 5.16. The van der Waals surface area contributed by atoms with Gasteiger partial charge in [-0.1, -0.05) is 24.3 Å². The van der Waals surface area contributed by atoms with E-state index in [2.05, 4.69) is 15.0 Å². The number of rotatable bonds is 4. The number of aryl methyl sites for hydroxylation is 1. The van der Waals surface area contributed by atoms with Gasteiger partial charge in [-0.3, -0.25) is 19.5 Å². The lowest BCUT2D eigenvalue weighted by Gasteiger charge is -2.34. The van der Waals surface area contributed by atoms with Gasteiger partial charge in [-0.05, 0) is 25.1 Å². The molecule has 3 heterocycles. The highest BCUT2D eigenvalue weighted by atomic mass is 16.2. The van der Waals surface area contributed by atoms with Crippen molar-refractivity contribution >= 4 is 16.7 Å². The average molecular weight is 377 g/mol. The van der Waals surface area contributed by atoms with E-state index in [9.17, 15) is 9.59 Å². The van der Waals surface area contributed by atoms with E-state index in [-0.39, 0.29) is 18.0 Å². The minimum absolute atomic E-state index is 0.0231. The van der Waals surface area contributed by atoms with Crippen molar-refractivity contribution in [3.8, 4) is 0 Å². The third-order valence-electron chi connectivity index (χ3n) is 5.17. The van der Waals surface area contributed by atoms with E-state index in [0.29, 0.717) is 18.5 Å². The average Bonchev–Trinajstić information content (AvgIpc) is 2.73. The van der Waals surface area contributed by atoms with Crippen LogP contribution in [0.15, 0.2) is 53.5 Å². The van der Waals surface area contributed by atoms with Gasteiger partial charge in [-0.15, -0.1) is 0 Å². The number of hydrogen-bond donors (Lipinski definition) is 0. The predicted molar refractivity (Wildman–Crippen MR) is 107 cm³/mol. The minimum atomic E-state index is -0.219. The van der Waals surface area contributed by atoms with Gasteiger partial charge in [0.2, 0.25) is 5.91 Å². The summed E-state index contributed by atoms with van der Waals surface area (Å²) in [5.74, 6) is -0.0678. The molecule has 0 aliphatic carbocycles. The van der Waals surface area contributed by atoms with Crippen LogP contribution in [0, 0.1) is 6.92 Å². The van der Waals surface area contributed by atoms with E-state index in [0.717, 1.165) is 36.4 Å². The van der Waals surface area contributed by atoms with Crippen molar-refractivity contribution in [2.75, 3.05) is 26.2 Å². The molecule has 0 bridgehead atoms. The molecule has 0 saturated carbocycles. The summed E-state index contributed by atoms with van der Waals surface area (Å²) in [7, 11) is 0. The number of fused-ring (bicyclic) bond motifs is 1. The second kappa shape index (κ2) is 7.90. The monoisotopic (exact) mass is 377 g/mol. The minimum Gasteiger partial charge on any atom is -0.339 e. The Morgan fingerprint density at radius 2 is 1.71 bits per heavy atom. The molecule has 1 amide bonds. The first-order valence-electron chi connectivity index (χ1n) is 9.48. The highest BCUT2D eigenvalue weighted by molar-refractivity contribution is 5.83. The summed E-state index contributed by atoms with van der Waals surface area (Å²) < 4.78 is 1.29. The number of amides is 1. The molecule has 0 N–H and O–H groups in total. The third kappa shape index (κ3) is 3.80. The quantitative estimate of drug-likeness (QED) is 0.688. The molecule has 1 aliphatic rings. The third-order valence-corrected chi connectivity index (χ3v) is 5.17. The first-order chi connectivity index (χ1) is 13.6. The van der Waals surface area contributed by atoms with Gasteiger partial charge in [0.05, 0.1) is 16.8 Å². The Morgan fingerprint density at radius 3 is 2.43 bits per heavy atom. The Morgan fingerprint density at radius 1 is 1.00 bits per heavy atom. The molecular formula is C21H23N5O2. The summed E-state index contributed by atoms with van der Waals surface area (Å²) >= 11 is 0. The molecule has 1 saturated heterocycles. The maximum Gasteiger partial charge on any atom is 0.275 e. The number of aromatic nitrogens is 3. The molecule has 1 aliphatic heterocycles. The molecule has 0 atom stereocenters. The second-order valence-electron chi connectivity index (χ2n) is 7.07. The Labute approximate surface area is 163 Å². The normalized spacial score (nSPS) is 15.1. The number of hydrogen-bond acceptors (Lipinski definition) is 5. The Balaban J connectivity index is 1.41. The van der Waals surface area contributed by atoms with Gasteiger partial charge in [-0.25, -0.2) is 4.68 Å². The first kappa shape index (κ1) is 18.3. The summed E-state index contributed by atoms with van der Waals surface area (Å²) in [6.45, 7) is 5.50. The fourth-order valence-electron chi connectivity index (χ4n) is 3.62. The lowest BCUT2D eigenvalue weighted by molar-refractivity contribution is -0.133. The van der Waals surface area contributed by atoms with Gasteiger partial charge in [0.1, 0.15) is 6.54 Å². The van der Waals surface area contributed by atoms with Crippen molar-refractivity contribution in [1.29, 1.82) is 0 Å². The zero-order valence-electron chi connectivity index (χ0n) is 15.9. The fourth-order valence-corrected chi connectivity index (χ4v) is 3.62. The van der Waals surface area contributed by atoms with E-state index in [1.54, 1.807) is 12.3 Å². The van der Waals surface area contributed by atoms with Crippen LogP contribution in [-0.2, 0) is 17.9 Å². The standard InChI is InChI=1S/C21H23N5O2/c1-16-18-7-2-3-8-19(18)21(28)26(23-16)15-20(27)25-12-10-24(11-13-25)14-17-6-4-5-9-22-17/h2-9H,10-15H2,1H3. The van der Waals surface area contributed by atoms with Crippen LogP contribution in [0.5, 0.6) is 0 Å². The molecule has 2 aromatic heterocycles. The van der Waals surface area contributed by atoms with Crippen LogP contribution in [0.2, 0.25) is 0 Å². The van der Waals surface area contributed by atoms with Crippen LogP contribution < -0.4 is 5.56 Å². The van der Waals surface area contributed by atoms with Crippen LogP contribution in [0.25, 0.3) is 10.8 Å². The summed E-state index contributed by atoms with van der Waals surface area (Å²) in [4.78, 5) is 33.9. The highest BCUT2D eigenvalue weighted by Gasteiger charge is 2.22. The molecule has 0 unspecified atom stereocenters. The van der Waals surface area contributed by atoms with Crippen LogP contribution in [0.4, 0.5) is 0 Å². The van der Waals surface area contributed by atoms with E-state index in [1.807, 2.05) is 48.2 Å². The van der Waals surface area contributed by atoms with Gasteiger partial charge in [0, 0.05) is 44.3 Å². The smallest absolute Gasteiger partial charge is 0.275 e. The van der Waals surface area contributed by atoms with E-state index in [4.69, 9.17) is 0 Å². The largest absolute Gasteiger partial charge is 0.339 e. The molecule has 7 heteroatoms. The van der Waals surface area contributed by atoms with Gasteiger partial charge in [0.25, 0.3) is 5.56 Å². The molecule has 1 fully saturated rings. The molecular weight excluding hydrogens is 354 g/mol.